The first-order chi connectivity index (χ1) is 14.2. The zero-order valence-electron chi connectivity index (χ0n) is 15.9. The molecule has 30 heavy (non-hydrogen) atoms. The van der Waals surface area contributed by atoms with E-state index in [4.69, 9.17) is 4.74 Å². The van der Waals surface area contributed by atoms with Crippen molar-refractivity contribution in [2.75, 3.05) is 17.2 Å². The fourth-order valence-corrected chi connectivity index (χ4v) is 2.69. The Hall–Kier alpha value is -3.82. The summed E-state index contributed by atoms with van der Waals surface area (Å²) in [5.74, 6) is -3.01. The molecule has 0 atom stereocenters. The van der Waals surface area contributed by atoms with E-state index in [0.717, 1.165) is 25.0 Å². The van der Waals surface area contributed by atoms with Gasteiger partial charge in [0.15, 0.2) is 6.61 Å². The molecule has 0 unspecified atom stereocenters. The quantitative estimate of drug-likeness (QED) is 0.293. The minimum Gasteiger partial charge on any atom is -0.454 e. The van der Waals surface area contributed by atoms with Crippen molar-refractivity contribution in [3.63, 3.8) is 0 Å². The van der Waals surface area contributed by atoms with Crippen LogP contribution in [0.2, 0.25) is 0 Å². The van der Waals surface area contributed by atoms with Gasteiger partial charge in [-0.05, 0) is 43.2 Å². The molecule has 2 N–H and O–H groups in total. The molecular formula is C20H18FN3O6. The van der Waals surface area contributed by atoms with Crippen molar-refractivity contribution < 1.29 is 28.4 Å². The van der Waals surface area contributed by atoms with Crippen LogP contribution in [0.3, 0.4) is 0 Å². The molecule has 0 heterocycles. The second-order valence-corrected chi connectivity index (χ2v) is 6.78. The van der Waals surface area contributed by atoms with Crippen molar-refractivity contribution in [1.29, 1.82) is 0 Å². The van der Waals surface area contributed by atoms with Crippen LogP contribution in [0.4, 0.5) is 21.5 Å². The van der Waals surface area contributed by atoms with Gasteiger partial charge in [0.2, 0.25) is 11.7 Å². The molecule has 1 aliphatic carbocycles. The molecule has 156 valence electrons. The van der Waals surface area contributed by atoms with Gasteiger partial charge < -0.3 is 15.4 Å². The Morgan fingerprint density at radius 3 is 2.53 bits per heavy atom. The summed E-state index contributed by atoms with van der Waals surface area (Å²) < 4.78 is 19.0. The maximum Gasteiger partial charge on any atom is 0.338 e. The average Bonchev–Trinajstić information content (AvgIpc) is 3.49. The van der Waals surface area contributed by atoms with Gasteiger partial charge in [-0.25, -0.2) is 9.18 Å². The van der Waals surface area contributed by atoms with Gasteiger partial charge >= 0.3 is 5.97 Å². The molecule has 2 aromatic rings. The zero-order chi connectivity index (χ0) is 21.8. The van der Waals surface area contributed by atoms with Crippen molar-refractivity contribution in [1.82, 2.24) is 0 Å². The van der Waals surface area contributed by atoms with Gasteiger partial charge in [0.1, 0.15) is 11.5 Å². The summed E-state index contributed by atoms with van der Waals surface area (Å²) >= 11 is 0. The first kappa shape index (κ1) is 20.9. The Labute approximate surface area is 170 Å². The number of nitro groups is 1. The number of nitrogens with zero attached hydrogens (tertiary/aromatic N) is 1. The van der Waals surface area contributed by atoms with Crippen LogP contribution in [0.1, 0.15) is 40.5 Å². The van der Waals surface area contributed by atoms with Crippen LogP contribution in [0, 0.1) is 15.9 Å². The number of esters is 1. The number of Topliss-reactive ketones (excluding diaryl/α,β-unsaturated/α-hetero) is 1. The minimum absolute atomic E-state index is 0.0997. The minimum atomic E-state index is -0.945. The molecule has 10 heteroatoms. The van der Waals surface area contributed by atoms with Crippen molar-refractivity contribution in [3.05, 3.63) is 63.5 Å². The summed E-state index contributed by atoms with van der Waals surface area (Å²) in [4.78, 5) is 46.0. The molecule has 2 aromatic carbocycles. The van der Waals surface area contributed by atoms with Gasteiger partial charge in [0.05, 0.1) is 16.1 Å². The summed E-state index contributed by atoms with van der Waals surface area (Å²) in [7, 11) is 0. The molecule has 0 saturated heterocycles. The van der Waals surface area contributed by atoms with Crippen LogP contribution in [0.25, 0.3) is 0 Å². The van der Waals surface area contributed by atoms with E-state index in [0.29, 0.717) is 5.69 Å². The van der Waals surface area contributed by atoms with Gasteiger partial charge in [-0.15, -0.1) is 0 Å². The first-order valence-electron chi connectivity index (χ1n) is 9.07. The fourth-order valence-electron chi connectivity index (χ4n) is 2.69. The van der Waals surface area contributed by atoms with E-state index in [-0.39, 0.29) is 28.5 Å². The second-order valence-electron chi connectivity index (χ2n) is 6.78. The van der Waals surface area contributed by atoms with Gasteiger partial charge in [-0.2, -0.15) is 0 Å². The number of rotatable bonds is 8. The molecule has 9 nitrogen and oxygen atoms in total. The number of carbonyl (C=O) groups excluding carboxylic acids is 3. The standard InChI is InChI=1S/C20H18FN3O6/c1-11(25)22-14-5-6-15(16(21)9-14)19(26)10-30-20(27)12-2-7-17(23-13-3-4-13)18(8-12)24(28)29/h2,5-9,13,23H,3-4,10H2,1H3,(H,22,25). The van der Waals surface area contributed by atoms with Crippen LogP contribution in [0.15, 0.2) is 36.4 Å². The lowest BCUT2D eigenvalue weighted by Crippen LogP contribution is -2.16. The van der Waals surface area contributed by atoms with E-state index in [9.17, 15) is 28.9 Å². The lowest BCUT2D eigenvalue weighted by molar-refractivity contribution is -0.384. The topological polar surface area (TPSA) is 128 Å². The Balaban J connectivity index is 1.66. The highest BCUT2D eigenvalue weighted by Crippen LogP contribution is 2.31. The number of ketones is 1. The third kappa shape index (κ3) is 5.16. The Morgan fingerprint density at radius 1 is 1.20 bits per heavy atom. The lowest BCUT2D eigenvalue weighted by atomic mass is 10.1. The van der Waals surface area contributed by atoms with E-state index < -0.39 is 35.0 Å². The van der Waals surface area contributed by atoms with E-state index in [2.05, 4.69) is 10.6 Å². The van der Waals surface area contributed by atoms with Crippen molar-refractivity contribution in [2.45, 2.75) is 25.8 Å². The SMILES string of the molecule is CC(=O)Nc1ccc(C(=O)COC(=O)c2ccc(NC3CC3)c([N+](=O)[O-])c2)c(F)c1. The van der Waals surface area contributed by atoms with Crippen LogP contribution < -0.4 is 10.6 Å². The van der Waals surface area contributed by atoms with E-state index in [1.807, 2.05) is 0 Å². The van der Waals surface area contributed by atoms with Crippen molar-refractivity contribution in [2.24, 2.45) is 0 Å². The number of hydrogen-bond donors (Lipinski definition) is 2. The molecule has 0 radical (unpaired) electrons. The largest absolute Gasteiger partial charge is 0.454 e. The summed E-state index contributed by atoms with van der Waals surface area (Å²) in [5.41, 5.74) is -0.205. The van der Waals surface area contributed by atoms with Gasteiger partial charge in [0.25, 0.3) is 5.69 Å². The van der Waals surface area contributed by atoms with Gasteiger partial charge in [0, 0.05) is 24.7 Å². The van der Waals surface area contributed by atoms with Crippen LogP contribution in [-0.4, -0.2) is 35.2 Å². The predicted molar refractivity (Wildman–Crippen MR) is 105 cm³/mol. The van der Waals surface area contributed by atoms with E-state index >= 15 is 0 Å². The number of benzene rings is 2. The Bertz CT molecular complexity index is 1040. The summed E-state index contributed by atoms with van der Waals surface area (Å²) in [5, 5.41) is 16.7. The highest BCUT2D eigenvalue weighted by Gasteiger charge is 2.26. The highest BCUT2D eigenvalue weighted by atomic mass is 19.1. The third-order valence-corrected chi connectivity index (χ3v) is 4.29. The number of ether oxygens (including phenoxy) is 1. The summed E-state index contributed by atoms with van der Waals surface area (Å²) in [6.45, 7) is 0.514. The molecule has 0 aromatic heterocycles. The molecule has 3 rings (SSSR count). The zero-order valence-corrected chi connectivity index (χ0v) is 15.9. The second kappa shape index (κ2) is 8.68. The number of halogens is 1. The molecule has 1 fully saturated rings. The normalized spacial score (nSPS) is 12.7. The monoisotopic (exact) mass is 415 g/mol. The maximum atomic E-state index is 14.1. The number of anilines is 2. The van der Waals surface area contributed by atoms with Crippen molar-refractivity contribution in [3.8, 4) is 0 Å². The van der Waals surface area contributed by atoms with E-state index in [1.54, 1.807) is 0 Å². The number of nitrogens with one attached hydrogen (secondary N) is 2. The molecule has 1 aliphatic rings. The maximum absolute atomic E-state index is 14.1. The van der Waals surface area contributed by atoms with Crippen LogP contribution in [-0.2, 0) is 9.53 Å². The number of nitro benzene ring substituents is 1. The Morgan fingerprint density at radius 2 is 1.93 bits per heavy atom. The number of amides is 1. The molecular weight excluding hydrogens is 397 g/mol. The highest BCUT2D eigenvalue weighted by molar-refractivity contribution is 6.00. The van der Waals surface area contributed by atoms with E-state index in [1.165, 1.54) is 31.2 Å². The first-order valence-corrected chi connectivity index (χ1v) is 9.07. The molecule has 1 amide bonds. The molecule has 1 saturated carbocycles. The molecule has 0 aliphatic heterocycles. The number of hydrogen-bond acceptors (Lipinski definition) is 7. The van der Waals surface area contributed by atoms with Gasteiger partial charge in [-0.1, -0.05) is 0 Å². The van der Waals surface area contributed by atoms with Gasteiger partial charge in [-0.3, -0.25) is 19.7 Å². The molecule has 0 bridgehead atoms. The Kier molecular flexibility index (Phi) is 6.05. The number of carbonyl (C=O) groups is 3. The van der Waals surface area contributed by atoms with Crippen molar-refractivity contribution >= 4 is 34.7 Å². The average molecular weight is 415 g/mol. The predicted octanol–water partition coefficient (Wildman–Crippen LogP) is 3.31. The summed E-state index contributed by atoms with van der Waals surface area (Å²) in [6, 6.07) is 7.51. The fraction of sp³-hybridized carbons (Fsp3) is 0.250. The molecule has 0 spiro atoms. The third-order valence-electron chi connectivity index (χ3n) is 4.29. The summed E-state index contributed by atoms with van der Waals surface area (Å²) in [6.07, 6.45) is 1.84. The lowest BCUT2D eigenvalue weighted by Gasteiger charge is -2.09. The van der Waals surface area contributed by atoms with Crippen LogP contribution >= 0.6 is 0 Å². The van der Waals surface area contributed by atoms with Crippen LogP contribution in [0.5, 0.6) is 0 Å². The smallest absolute Gasteiger partial charge is 0.338 e.